The minimum atomic E-state index is -3.67. The summed E-state index contributed by atoms with van der Waals surface area (Å²) in [6, 6.07) is 2.86. The molecule has 1 aliphatic heterocycles. The van der Waals surface area contributed by atoms with E-state index in [-0.39, 0.29) is 30.3 Å². The molecule has 0 N–H and O–H groups in total. The Morgan fingerprint density at radius 3 is 2.75 bits per heavy atom. The Kier molecular flexibility index (Phi) is 4.41. The molecule has 1 fully saturated rings. The van der Waals surface area contributed by atoms with Gasteiger partial charge in [0.15, 0.2) is 0 Å². The molecule has 1 atom stereocenters. The van der Waals surface area contributed by atoms with Crippen LogP contribution < -0.4 is 4.90 Å². The lowest BCUT2D eigenvalue weighted by Crippen LogP contribution is -2.26. The highest BCUT2D eigenvalue weighted by Crippen LogP contribution is 2.31. The van der Waals surface area contributed by atoms with E-state index in [1.807, 2.05) is 0 Å². The fourth-order valence-electron chi connectivity index (χ4n) is 2.26. The molecular weight excluding hydrogens is 373 g/mol. The van der Waals surface area contributed by atoms with Gasteiger partial charge in [0, 0.05) is 34.0 Å². The number of halogens is 3. The van der Waals surface area contributed by atoms with E-state index in [1.165, 1.54) is 11.0 Å². The summed E-state index contributed by atoms with van der Waals surface area (Å²) in [5, 5.41) is 0. The van der Waals surface area contributed by atoms with Gasteiger partial charge in [0.05, 0.1) is 11.4 Å². The predicted octanol–water partition coefficient (Wildman–Crippen LogP) is 2.82. The van der Waals surface area contributed by atoms with Crippen LogP contribution in [0.5, 0.6) is 0 Å². The van der Waals surface area contributed by atoms with Crippen LogP contribution in [0.25, 0.3) is 0 Å². The third-order valence-electron chi connectivity index (χ3n) is 3.16. The number of rotatable bonds is 3. The maximum Gasteiger partial charge on any atom is 0.232 e. The Morgan fingerprint density at radius 1 is 1.50 bits per heavy atom. The topological polar surface area (TPSA) is 54.5 Å². The zero-order valence-corrected chi connectivity index (χ0v) is 13.7. The summed E-state index contributed by atoms with van der Waals surface area (Å²) >= 11 is 3.22. The van der Waals surface area contributed by atoms with Crippen LogP contribution in [-0.4, -0.2) is 26.6 Å². The minimum absolute atomic E-state index is 0.0561. The van der Waals surface area contributed by atoms with Crippen LogP contribution in [0.15, 0.2) is 16.6 Å². The second-order valence-electron chi connectivity index (χ2n) is 4.83. The van der Waals surface area contributed by atoms with Crippen molar-refractivity contribution in [2.24, 2.45) is 5.92 Å². The summed E-state index contributed by atoms with van der Waals surface area (Å²) in [6.45, 7) is 1.94. The summed E-state index contributed by atoms with van der Waals surface area (Å²) in [6.07, 6.45) is 0.0561. The molecule has 0 bridgehead atoms. The van der Waals surface area contributed by atoms with E-state index in [2.05, 4.69) is 15.9 Å². The molecule has 0 saturated carbocycles. The number of nitrogens with zero attached hydrogens (tertiary/aromatic N) is 1. The third kappa shape index (κ3) is 3.51. The first-order valence-electron chi connectivity index (χ1n) is 5.85. The van der Waals surface area contributed by atoms with E-state index in [9.17, 15) is 17.6 Å². The van der Waals surface area contributed by atoms with E-state index in [0.717, 1.165) is 5.56 Å². The van der Waals surface area contributed by atoms with E-state index < -0.39 is 20.8 Å². The monoisotopic (exact) mass is 383 g/mol. The van der Waals surface area contributed by atoms with Gasteiger partial charge >= 0.3 is 0 Å². The van der Waals surface area contributed by atoms with Gasteiger partial charge in [-0.1, -0.05) is 15.9 Å². The number of amides is 1. The highest BCUT2D eigenvalue weighted by atomic mass is 79.9. The zero-order valence-electron chi connectivity index (χ0n) is 10.6. The lowest BCUT2D eigenvalue weighted by molar-refractivity contribution is -0.117. The highest BCUT2D eigenvalue weighted by Gasteiger charge is 2.34. The number of hydrogen-bond donors (Lipinski definition) is 0. The molecular formula is C12H12BrClFNO3S. The molecule has 1 heterocycles. The Labute approximate surface area is 129 Å². The lowest BCUT2D eigenvalue weighted by Gasteiger charge is -2.18. The molecule has 8 heteroatoms. The largest absolute Gasteiger partial charge is 0.309 e. The fourth-order valence-corrected chi connectivity index (χ4v) is 3.89. The fraction of sp³-hybridized carbons (Fsp3) is 0.417. The Hall–Kier alpha value is -0.660. The van der Waals surface area contributed by atoms with Crippen LogP contribution in [0, 0.1) is 18.7 Å². The van der Waals surface area contributed by atoms with Crippen molar-refractivity contribution in [1.29, 1.82) is 0 Å². The minimum Gasteiger partial charge on any atom is -0.309 e. The van der Waals surface area contributed by atoms with Gasteiger partial charge in [-0.25, -0.2) is 12.8 Å². The van der Waals surface area contributed by atoms with Crippen LogP contribution in [-0.2, 0) is 13.8 Å². The van der Waals surface area contributed by atoms with Gasteiger partial charge in [0.1, 0.15) is 5.82 Å². The summed E-state index contributed by atoms with van der Waals surface area (Å²) < 4.78 is 36.7. The van der Waals surface area contributed by atoms with Crippen molar-refractivity contribution in [3.63, 3.8) is 0 Å². The Balaban J connectivity index is 2.26. The summed E-state index contributed by atoms with van der Waals surface area (Å²) in [5.41, 5.74) is 0.966. The molecule has 110 valence electrons. The van der Waals surface area contributed by atoms with Gasteiger partial charge in [0.25, 0.3) is 0 Å². The van der Waals surface area contributed by atoms with Crippen LogP contribution >= 0.6 is 26.6 Å². The molecule has 1 aromatic carbocycles. The average Bonchev–Trinajstić information content (AvgIpc) is 2.62. The van der Waals surface area contributed by atoms with Crippen molar-refractivity contribution in [3.05, 3.63) is 28.0 Å². The summed E-state index contributed by atoms with van der Waals surface area (Å²) in [7, 11) is 1.52. The number of hydrogen-bond acceptors (Lipinski definition) is 3. The van der Waals surface area contributed by atoms with Gasteiger partial charge < -0.3 is 4.90 Å². The van der Waals surface area contributed by atoms with Crippen molar-refractivity contribution in [2.45, 2.75) is 13.3 Å². The van der Waals surface area contributed by atoms with Gasteiger partial charge in [0.2, 0.25) is 15.0 Å². The van der Waals surface area contributed by atoms with Crippen LogP contribution in [0.2, 0.25) is 0 Å². The molecule has 4 nitrogen and oxygen atoms in total. The SMILES string of the molecule is Cc1cc(N2CC(CS(=O)(=O)Cl)CC2=O)c(F)cc1Br. The molecule has 1 amide bonds. The second-order valence-corrected chi connectivity index (χ2v) is 8.51. The van der Waals surface area contributed by atoms with E-state index >= 15 is 0 Å². The van der Waals surface area contributed by atoms with Crippen LogP contribution in [0.3, 0.4) is 0 Å². The summed E-state index contributed by atoms with van der Waals surface area (Å²) in [4.78, 5) is 13.2. The average molecular weight is 385 g/mol. The molecule has 1 aromatic rings. The van der Waals surface area contributed by atoms with Gasteiger partial charge in [-0.15, -0.1) is 0 Å². The highest BCUT2D eigenvalue weighted by molar-refractivity contribution is 9.10. The Morgan fingerprint density at radius 2 is 2.15 bits per heavy atom. The van der Waals surface area contributed by atoms with Crippen molar-refractivity contribution in [3.8, 4) is 0 Å². The normalized spacial score (nSPS) is 19.7. The first-order valence-corrected chi connectivity index (χ1v) is 9.13. The van der Waals surface area contributed by atoms with Crippen molar-refractivity contribution in [1.82, 2.24) is 0 Å². The molecule has 1 unspecified atom stereocenters. The number of carbonyl (C=O) groups excluding carboxylic acids is 1. The molecule has 20 heavy (non-hydrogen) atoms. The molecule has 2 rings (SSSR count). The van der Waals surface area contributed by atoms with Gasteiger partial charge in [-0.05, 0) is 24.6 Å². The van der Waals surface area contributed by atoms with Crippen LogP contribution in [0.1, 0.15) is 12.0 Å². The first kappa shape index (κ1) is 15.7. The zero-order chi connectivity index (χ0) is 15.1. The molecule has 0 radical (unpaired) electrons. The van der Waals surface area contributed by atoms with Crippen LogP contribution in [0.4, 0.5) is 10.1 Å². The number of carbonyl (C=O) groups is 1. The Bertz CT molecular complexity index is 665. The van der Waals surface area contributed by atoms with Crippen molar-refractivity contribution < 1.29 is 17.6 Å². The predicted molar refractivity (Wildman–Crippen MR) is 78.9 cm³/mol. The number of anilines is 1. The molecule has 1 aliphatic rings. The number of benzene rings is 1. The van der Waals surface area contributed by atoms with Crippen molar-refractivity contribution >= 4 is 47.3 Å². The first-order chi connectivity index (χ1) is 9.17. The standard InChI is InChI=1S/C12H12BrClFNO3S/c1-7-2-11(10(15)4-9(7)13)16-5-8(3-12(16)17)6-20(14,18)19/h2,4,8H,3,5-6H2,1H3. The van der Waals surface area contributed by atoms with E-state index in [1.54, 1.807) is 13.0 Å². The summed E-state index contributed by atoms with van der Waals surface area (Å²) in [5.74, 6) is -1.51. The quantitative estimate of drug-likeness (QED) is 0.753. The maximum atomic E-state index is 14.0. The van der Waals surface area contributed by atoms with Gasteiger partial charge in [-0.3, -0.25) is 4.79 Å². The molecule has 1 saturated heterocycles. The molecule has 0 spiro atoms. The second kappa shape index (κ2) is 5.61. The lowest BCUT2D eigenvalue weighted by atomic mass is 10.1. The number of aryl methyl sites for hydroxylation is 1. The van der Waals surface area contributed by atoms with E-state index in [4.69, 9.17) is 10.7 Å². The third-order valence-corrected chi connectivity index (χ3v) is 5.26. The molecule has 0 aliphatic carbocycles. The maximum absolute atomic E-state index is 14.0. The van der Waals surface area contributed by atoms with Crippen molar-refractivity contribution in [2.75, 3.05) is 17.2 Å². The van der Waals surface area contributed by atoms with Gasteiger partial charge in [-0.2, -0.15) is 0 Å². The van der Waals surface area contributed by atoms with E-state index in [0.29, 0.717) is 4.47 Å². The smallest absolute Gasteiger partial charge is 0.232 e. The molecule has 0 aromatic heterocycles.